The van der Waals surface area contributed by atoms with Crippen LogP contribution >= 0.6 is 0 Å². The lowest BCUT2D eigenvalue weighted by atomic mass is 9.83. The summed E-state index contributed by atoms with van der Waals surface area (Å²) in [6.07, 6.45) is 7.19. The molecule has 2 fully saturated rings. The van der Waals surface area contributed by atoms with Crippen LogP contribution in [0.25, 0.3) is 0 Å². The topological polar surface area (TPSA) is 41.5 Å². The van der Waals surface area contributed by atoms with Gasteiger partial charge < -0.3 is 15.2 Å². The normalized spacial score (nSPS) is 37.9. The molecule has 2 aliphatic rings. The fraction of sp³-hybridized carbons (Fsp3) is 1.00. The molecule has 0 aromatic rings. The van der Waals surface area contributed by atoms with Gasteiger partial charge in [-0.15, -0.1) is 0 Å². The van der Waals surface area contributed by atoms with Gasteiger partial charge in [-0.25, -0.2) is 0 Å². The fourth-order valence-corrected chi connectivity index (χ4v) is 3.32. The summed E-state index contributed by atoms with van der Waals surface area (Å²) in [7, 11) is 0. The third kappa shape index (κ3) is 3.67. The molecule has 3 atom stereocenters. The Kier molecular flexibility index (Phi) is 4.45. The van der Waals surface area contributed by atoms with E-state index in [-0.39, 0.29) is 5.60 Å². The minimum Gasteiger partial charge on any atom is -0.396 e. The Morgan fingerprint density at radius 3 is 2.71 bits per heavy atom. The molecule has 1 saturated heterocycles. The maximum atomic E-state index is 9.43. The third-order valence-corrected chi connectivity index (χ3v) is 4.29. The molecule has 100 valence electrons. The Morgan fingerprint density at radius 2 is 2.00 bits per heavy atom. The lowest BCUT2D eigenvalue weighted by Gasteiger charge is -2.40. The van der Waals surface area contributed by atoms with Crippen LogP contribution < -0.4 is 5.32 Å². The number of hydrogen-bond donors (Lipinski definition) is 2. The van der Waals surface area contributed by atoms with Crippen molar-refractivity contribution in [2.75, 3.05) is 13.2 Å². The molecule has 1 heterocycles. The van der Waals surface area contributed by atoms with E-state index < -0.39 is 0 Å². The van der Waals surface area contributed by atoms with Gasteiger partial charge in [-0.2, -0.15) is 0 Å². The summed E-state index contributed by atoms with van der Waals surface area (Å²) < 4.78 is 5.75. The summed E-state index contributed by atoms with van der Waals surface area (Å²) in [6, 6.07) is 1.09. The average Bonchev–Trinajstić information content (AvgIpc) is 2.28. The van der Waals surface area contributed by atoms with E-state index in [2.05, 4.69) is 19.2 Å². The second kappa shape index (κ2) is 5.68. The number of nitrogens with one attached hydrogen (secondary N) is 1. The molecule has 3 heteroatoms. The Morgan fingerprint density at radius 1 is 1.24 bits per heavy atom. The van der Waals surface area contributed by atoms with Crippen molar-refractivity contribution >= 4 is 0 Å². The second-order valence-corrected chi connectivity index (χ2v) is 6.30. The largest absolute Gasteiger partial charge is 0.396 e. The summed E-state index contributed by atoms with van der Waals surface area (Å²) in [5.41, 5.74) is 0.0132. The fourth-order valence-electron chi connectivity index (χ4n) is 3.32. The van der Waals surface area contributed by atoms with Crippen LogP contribution in [0.15, 0.2) is 0 Å². The summed E-state index contributed by atoms with van der Waals surface area (Å²) in [5, 5.41) is 13.2. The van der Waals surface area contributed by atoms with Crippen molar-refractivity contribution < 1.29 is 9.84 Å². The third-order valence-electron chi connectivity index (χ3n) is 4.29. The zero-order chi connectivity index (χ0) is 12.3. The van der Waals surface area contributed by atoms with Crippen molar-refractivity contribution in [2.24, 2.45) is 5.92 Å². The first kappa shape index (κ1) is 13.3. The van der Waals surface area contributed by atoms with Crippen LogP contribution in [0, 0.1) is 5.92 Å². The standard InChI is InChI=1S/C14H27NO2/c1-14(2)9-12(7-8-17-14)15-13-6-4-3-5-11(13)10-16/h11-13,15-16H,3-10H2,1-2H3. The highest BCUT2D eigenvalue weighted by atomic mass is 16.5. The molecule has 1 saturated carbocycles. The molecule has 0 spiro atoms. The van der Waals surface area contributed by atoms with Gasteiger partial charge in [0, 0.05) is 25.3 Å². The van der Waals surface area contributed by atoms with Crippen molar-refractivity contribution in [3.63, 3.8) is 0 Å². The number of ether oxygens (including phenoxy) is 1. The number of hydrogen-bond acceptors (Lipinski definition) is 3. The van der Waals surface area contributed by atoms with E-state index in [4.69, 9.17) is 4.74 Å². The van der Waals surface area contributed by atoms with Gasteiger partial charge in [0.15, 0.2) is 0 Å². The molecule has 17 heavy (non-hydrogen) atoms. The van der Waals surface area contributed by atoms with Gasteiger partial charge in [0.25, 0.3) is 0 Å². The number of aliphatic hydroxyl groups is 1. The Hall–Kier alpha value is -0.120. The van der Waals surface area contributed by atoms with Crippen molar-refractivity contribution in [3.05, 3.63) is 0 Å². The summed E-state index contributed by atoms with van der Waals surface area (Å²) in [6.45, 7) is 5.54. The molecule has 0 bridgehead atoms. The van der Waals surface area contributed by atoms with E-state index in [0.29, 0.717) is 24.6 Å². The van der Waals surface area contributed by atoms with Gasteiger partial charge in [-0.1, -0.05) is 12.8 Å². The van der Waals surface area contributed by atoms with Crippen LogP contribution in [0.5, 0.6) is 0 Å². The van der Waals surface area contributed by atoms with E-state index in [0.717, 1.165) is 19.4 Å². The first-order valence-corrected chi connectivity index (χ1v) is 7.11. The van der Waals surface area contributed by atoms with Crippen LogP contribution in [-0.4, -0.2) is 36.0 Å². The van der Waals surface area contributed by atoms with Gasteiger partial charge in [0.1, 0.15) is 0 Å². The number of aliphatic hydroxyl groups excluding tert-OH is 1. The molecule has 0 radical (unpaired) electrons. The maximum absolute atomic E-state index is 9.43. The van der Waals surface area contributed by atoms with Crippen LogP contribution in [-0.2, 0) is 4.74 Å². The number of rotatable bonds is 3. The van der Waals surface area contributed by atoms with Crippen LogP contribution in [0.1, 0.15) is 52.4 Å². The molecule has 1 aliphatic heterocycles. The highest BCUT2D eigenvalue weighted by Crippen LogP contribution is 2.28. The zero-order valence-electron chi connectivity index (χ0n) is 11.2. The zero-order valence-corrected chi connectivity index (χ0v) is 11.2. The molecule has 3 nitrogen and oxygen atoms in total. The van der Waals surface area contributed by atoms with Gasteiger partial charge in [-0.05, 0) is 45.4 Å². The predicted octanol–water partition coefficient (Wildman–Crippen LogP) is 2.08. The van der Waals surface area contributed by atoms with E-state index in [9.17, 15) is 5.11 Å². The highest BCUT2D eigenvalue weighted by molar-refractivity contribution is 4.88. The molecule has 1 aliphatic carbocycles. The molecule has 0 aromatic carbocycles. The Labute approximate surface area is 105 Å². The van der Waals surface area contributed by atoms with E-state index in [1.807, 2.05) is 0 Å². The molecular formula is C14H27NO2. The van der Waals surface area contributed by atoms with Crippen molar-refractivity contribution in [2.45, 2.75) is 70.1 Å². The molecule has 2 N–H and O–H groups in total. The minimum absolute atomic E-state index is 0.0132. The molecule has 3 unspecified atom stereocenters. The van der Waals surface area contributed by atoms with Crippen molar-refractivity contribution in [1.82, 2.24) is 5.32 Å². The molecular weight excluding hydrogens is 214 g/mol. The summed E-state index contributed by atoms with van der Waals surface area (Å²) in [5.74, 6) is 0.467. The summed E-state index contributed by atoms with van der Waals surface area (Å²) in [4.78, 5) is 0. The van der Waals surface area contributed by atoms with Gasteiger partial charge in [-0.3, -0.25) is 0 Å². The van der Waals surface area contributed by atoms with Crippen molar-refractivity contribution in [3.8, 4) is 0 Å². The predicted molar refractivity (Wildman–Crippen MR) is 69.0 cm³/mol. The quantitative estimate of drug-likeness (QED) is 0.795. The minimum atomic E-state index is 0.0132. The van der Waals surface area contributed by atoms with E-state index in [1.165, 1.54) is 25.7 Å². The molecule has 2 rings (SSSR count). The Bertz CT molecular complexity index is 242. The smallest absolute Gasteiger partial charge is 0.0641 e. The van der Waals surface area contributed by atoms with Crippen molar-refractivity contribution in [1.29, 1.82) is 0 Å². The lowest BCUT2D eigenvalue weighted by Crippen LogP contribution is -2.50. The monoisotopic (exact) mass is 241 g/mol. The highest BCUT2D eigenvalue weighted by Gasteiger charge is 2.32. The second-order valence-electron chi connectivity index (χ2n) is 6.30. The van der Waals surface area contributed by atoms with Gasteiger partial charge >= 0.3 is 0 Å². The molecule has 0 amide bonds. The van der Waals surface area contributed by atoms with E-state index in [1.54, 1.807) is 0 Å². The summed E-state index contributed by atoms with van der Waals surface area (Å²) >= 11 is 0. The Balaban J connectivity index is 1.86. The molecule has 0 aromatic heterocycles. The van der Waals surface area contributed by atoms with E-state index >= 15 is 0 Å². The SMILES string of the molecule is CC1(C)CC(NC2CCCCC2CO)CCO1. The maximum Gasteiger partial charge on any atom is 0.0641 e. The van der Waals surface area contributed by atoms with Gasteiger partial charge in [0.05, 0.1) is 5.60 Å². The average molecular weight is 241 g/mol. The van der Waals surface area contributed by atoms with Crippen LogP contribution in [0.2, 0.25) is 0 Å². The van der Waals surface area contributed by atoms with Crippen LogP contribution in [0.4, 0.5) is 0 Å². The first-order valence-electron chi connectivity index (χ1n) is 7.11. The lowest BCUT2D eigenvalue weighted by molar-refractivity contribution is -0.0659. The van der Waals surface area contributed by atoms with Crippen LogP contribution in [0.3, 0.4) is 0 Å². The van der Waals surface area contributed by atoms with Gasteiger partial charge in [0.2, 0.25) is 0 Å². The first-order chi connectivity index (χ1) is 8.11.